The van der Waals surface area contributed by atoms with Gasteiger partial charge in [-0.25, -0.2) is 35.5 Å². The molecule has 12 heteroatoms. The molecule has 2 N–H and O–H groups in total. The fourth-order valence-corrected chi connectivity index (χ4v) is 8.97. The van der Waals surface area contributed by atoms with E-state index in [1.807, 2.05) is 18.4 Å². The molecule has 10 nitrogen and oxygen atoms in total. The predicted molar refractivity (Wildman–Crippen MR) is 139 cm³/mol. The van der Waals surface area contributed by atoms with Gasteiger partial charge >= 0.3 is 0 Å². The maximum absolute atomic E-state index is 13.5. The monoisotopic (exact) mass is 543 g/mol. The van der Waals surface area contributed by atoms with Gasteiger partial charge in [0.1, 0.15) is 17.4 Å². The Morgan fingerprint density at radius 2 is 1.78 bits per heavy atom. The molecule has 37 heavy (non-hydrogen) atoms. The van der Waals surface area contributed by atoms with Gasteiger partial charge in [-0.2, -0.15) is 0 Å². The average molecular weight is 544 g/mol. The zero-order valence-electron chi connectivity index (χ0n) is 20.8. The van der Waals surface area contributed by atoms with Crippen LogP contribution in [0.25, 0.3) is 22.1 Å². The van der Waals surface area contributed by atoms with Gasteiger partial charge in [0.25, 0.3) is 10.0 Å². The first-order chi connectivity index (χ1) is 17.4. The van der Waals surface area contributed by atoms with E-state index in [-0.39, 0.29) is 16.3 Å². The number of aromatic nitrogens is 4. The van der Waals surface area contributed by atoms with E-state index in [2.05, 4.69) is 14.7 Å². The second kappa shape index (κ2) is 7.85. The molecule has 4 aromatic rings. The van der Waals surface area contributed by atoms with Crippen LogP contribution >= 0.6 is 0 Å². The fraction of sp³-hybridized carbons (Fsp3) is 0.440. The third-order valence-corrected chi connectivity index (χ3v) is 11.0. The number of nitrogens with one attached hydrogen (secondary N) is 1. The van der Waals surface area contributed by atoms with Crippen molar-refractivity contribution < 1.29 is 21.9 Å². The third-order valence-electron chi connectivity index (χ3n) is 7.59. The predicted octanol–water partition coefficient (Wildman–Crippen LogP) is 2.95. The van der Waals surface area contributed by atoms with Crippen molar-refractivity contribution in [3.05, 3.63) is 54.1 Å². The molecule has 3 aliphatic rings. The first kappa shape index (κ1) is 24.5. The van der Waals surface area contributed by atoms with Gasteiger partial charge in [-0.15, -0.1) is 0 Å². The van der Waals surface area contributed by atoms with Crippen molar-refractivity contribution in [2.75, 3.05) is 5.75 Å². The molecule has 1 aromatic carbocycles. The molecule has 3 saturated carbocycles. The highest BCUT2D eigenvalue weighted by atomic mass is 32.2. The Bertz CT molecular complexity index is 1750. The van der Waals surface area contributed by atoms with Gasteiger partial charge in [0.15, 0.2) is 5.65 Å². The Hall–Kier alpha value is -2.80. The summed E-state index contributed by atoms with van der Waals surface area (Å²) in [6.45, 7) is 5.37. The number of pyridine rings is 1. The minimum absolute atomic E-state index is 0.0872. The van der Waals surface area contributed by atoms with Crippen LogP contribution in [0.5, 0.6) is 0 Å². The van der Waals surface area contributed by atoms with Crippen LogP contribution < -0.4 is 4.72 Å². The number of nitrogens with zero attached hydrogens (tertiary/aromatic N) is 4. The number of aryl methyl sites for hydroxylation is 1. The van der Waals surface area contributed by atoms with E-state index < -0.39 is 37.2 Å². The molecule has 3 heterocycles. The molecule has 0 aliphatic heterocycles. The molecule has 1 unspecified atom stereocenters. The lowest BCUT2D eigenvalue weighted by atomic mass is 9.44. The van der Waals surface area contributed by atoms with Gasteiger partial charge < -0.3 is 9.67 Å². The molecule has 0 radical (unpaired) electrons. The summed E-state index contributed by atoms with van der Waals surface area (Å²) in [6.07, 6.45) is 4.45. The maximum Gasteiger partial charge on any atom is 0.269 e. The lowest BCUT2D eigenvalue weighted by Gasteiger charge is -2.70. The average Bonchev–Trinajstić information content (AvgIpc) is 3.37. The maximum atomic E-state index is 13.5. The van der Waals surface area contributed by atoms with E-state index in [9.17, 15) is 21.9 Å². The van der Waals surface area contributed by atoms with Crippen LogP contribution in [0.2, 0.25) is 0 Å². The quantitative estimate of drug-likeness (QED) is 0.349. The van der Waals surface area contributed by atoms with Crippen molar-refractivity contribution in [2.45, 2.75) is 68.5 Å². The lowest BCUT2D eigenvalue weighted by Crippen LogP contribution is -2.78. The van der Waals surface area contributed by atoms with Crippen LogP contribution in [0.15, 0.2) is 47.6 Å². The highest BCUT2D eigenvalue weighted by molar-refractivity contribution is 7.90. The minimum atomic E-state index is -3.88. The van der Waals surface area contributed by atoms with Crippen molar-refractivity contribution in [3.8, 4) is 0 Å². The smallest absolute Gasteiger partial charge is 0.269 e. The van der Waals surface area contributed by atoms with E-state index in [0.717, 1.165) is 5.56 Å². The number of fused-ring (bicyclic) bond motifs is 3. The molecule has 2 bridgehead atoms. The Morgan fingerprint density at radius 3 is 2.41 bits per heavy atom. The molecule has 0 amide bonds. The molecule has 3 aromatic heterocycles. The molecule has 196 valence electrons. The van der Waals surface area contributed by atoms with E-state index in [1.165, 1.54) is 16.4 Å². The number of aliphatic hydroxyl groups is 1. The van der Waals surface area contributed by atoms with Crippen LogP contribution in [0, 0.1) is 6.92 Å². The van der Waals surface area contributed by atoms with Gasteiger partial charge in [-0.3, -0.25) is 0 Å². The fourth-order valence-electron chi connectivity index (χ4n) is 6.15. The van der Waals surface area contributed by atoms with E-state index in [1.54, 1.807) is 37.3 Å². The molecule has 7 rings (SSSR count). The molecule has 0 spiro atoms. The number of hydrogen-bond acceptors (Lipinski definition) is 7. The topological polar surface area (TPSA) is 136 Å². The zero-order chi connectivity index (χ0) is 26.4. The number of sulfonamides is 1. The molecule has 1 atom stereocenters. The highest BCUT2D eigenvalue weighted by Gasteiger charge is 2.71. The number of aliphatic hydroxyl groups excluding tert-OH is 1. The van der Waals surface area contributed by atoms with Crippen molar-refractivity contribution >= 4 is 42.1 Å². The van der Waals surface area contributed by atoms with Crippen molar-refractivity contribution in [3.63, 3.8) is 0 Å². The SMILES string of the molecule is CCCS(=O)(=O)NC12CC(n3c(C(C)O)nc4cnc5c(ccn5S(=O)(=O)c5ccc(C)cc5)c43)(C1)C2. The van der Waals surface area contributed by atoms with Crippen LogP contribution in [-0.4, -0.2) is 51.7 Å². The van der Waals surface area contributed by atoms with E-state index >= 15 is 0 Å². The molecular formula is C25H29N5O5S2. The van der Waals surface area contributed by atoms with Gasteiger partial charge in [-0.05, 0) is 57.7 Å². The lowest BCUT2D eigenvalue weighted by molar-refractivity contribution is -0.126. The minimum Gasteiger partial charge on any atom is -0.385 e. The van der Waals surface area contributed by atoms with Crippen molar-refractivity contribution in [1.29, 1.82) is 0 Å². The number of imidazole rings is 1. The number of rotatable bonds is 8. The first-order valence-corrected chi connectivity index (χ1v) is 15.4. The van der Waals surface area contributed by atoms with Gasteiger partial charge in [0.05, 0.1) is 27.9 Å². The molecular weight excluding hydrogens is 514 g/mol. The Balaban J connectivity index is 1.46. The first-order valence-electron chi connectivity index (χ1n) is 12.3. The Morgan fingerprint density at radius 1 is 1.11 bits per heavy atom. The van der Waals surface area contributed by atoms with Crippen molar-refractivity contribution in [1.82, 2.24) is 23.2 Å². The van der Waals surface area contributed by atoms with Crippen LogP contribution in [0.3, 0.4) is 0 Å². The number of benzene rings is 1. The molecule has 3 aliphatic carbocycles. The van der Waals surface area contributed by atoms with E-state index in [0.29, 0.717) is 47.9 Å². The van der Waals surface area contributed by atoms with Crippen LogP contribution in [-0.2, 0) is 25.6 Å². The summed E-state index contributed by atoms with van der Waals surface area (Å²) < 4.78 is 57.8. The summed E-state index contributed by atoms with van der Waals surface area (Å²) in [5.41, 5.74) is 1.60. The normalized spacial score (nSPS) is 24.2. The van der Waals surface area contributed by atoms with Crippen LogP contribution in [0.1, 0.15) is 57.0 Å². The summed E-state index contributed by atoms with van der Waals surface area (Å²) in [6, 6.07) is 8.37. The molecule has 3 fully saturated rings. The number of hydrogen-bond donors (Lipinski definition) is 2. The summed E-state index contributed by atoms with van der Waals surface area (Å²) in [4.78, 5) is 9.27. The van der Waals surface area contributed by atoms with Gasteiger partial charge in [0, 0.05) is 17.1 Å². The van der Waals surface area contributed by atoms with Crippen LogP contribution in [0.4, 0.5) is 0 Å². The third kappa shape index (κ3) is 3.57. The highest BCUT2D eigenvalue weighted by Crippen LogP contribution is 2.66. The standard InChI is InChI=1S/C25H29N5O5S2/c1-4-11-36(32,33)28-24-13-25(14-24,15-24)30-21-19-9-10-29(37(34,35)18-7-5-16(2)6-8-18)23(19)26-12-20(21)27-22(30)17(3)31/h5-10,12,17,28,31H,4,11,13-15H2,1-3H3. The Kier molecular flexibility index (Phi) is 5.21. The largest absolute Gasteiger partial charge is 0.385 e. The second-order valence-electron chi connectivity index (χ2n) is 10.6. The molecule has 0 saturated heterocycles. The van der Waals surface area contributed by atoms with Gasteiger partial charge in [0.2, 0.25) is 10.0 Å². The van der Waals surface area contributed by atoms with Gasteiger partial charge in [-0.1, -0.05) is 24.6 Å². The summed E-state index contributed by atoms with van der Waals surface area (Å²) in [5, 5.41) is 11.2. The zero-order valence-corrected chi connectivity index (χ0v) is 22.5. The second-order valence-corrected chi connectivity index (χ2v) is 14.3. The summed E-state index contributed by atoms with van der Waals surface area (Å²) in [7, 11) is -7.24. The Labute approximate surface area is 215 Å². The summed E-state index contributed by atoms with van der Waals surface area (Å²) >= 11 is 0. The van der Waals surface area contributed by atoms with Crippen molar-refractivity contribution in [2.24, 2.45) is 0 Å². The van der Waals surface area contributed by atoms with E-state index in [4.69, 9.17) is 0 Å². The summed E-state index contributed by atoms with van der Waals surface area (Å²) in [5.74, 6) is 0.549.